The molecule has 2 rings (SSSR count). The van der Waals surface area contributed by atoms with Gasteiger partial charge in [0.1, 0.15) is 5.78 Å². The maximum Gasteiger partial charge on any atom is 0.133 e. The van der Waals surface area contributed by atoms with Crippen LogP contribution in [-0.2, 0) is 4.79 Å². The second kappa shape index (κ2) is 3.28. The third kappa shape index (κ3) is 1.56. The van der Waals surface area contributed by atoms with Crippen LogP contribution in [0.4, 0.5) is 0 Å². The third-order valence-corrected chi connectivity index (χ3v) is 3.74. The summed E-state index contributed by atoms with van der Waals surface area (Å²) < 4.78 is 0. The lowest BCUT2D eigenvalue weighted by Gasteiger charge is -2.18. The number of hydrogen-bond acceptors (Lipinski definition) is 1. The predicted octanol–water partition coefficient (Wildman–Crippen LogP) is 3.10. The summed E-state index contributed by atoms with van der Waals surface area (Å²) in [6.07, 6.45) is 5.25. The number of rotatable bonds is 0. The first-order valence-electron chi connectivity index (χ1n) is 5.38. The van der Waals surface area contributed by atoms with Gasteiger partial charge < -0.3 is 0 Å². The minimum atomic E-state index is 0.474. The van der Waals surface area contributed by atoms with Gasteiger partial charge in [-0.2, -0.15) is 0 Å². The van der Waals surface area contributed by atoms with Gasteiger partial charge in [-0.05, 0) is 38.0 Å². The monoisotopic (exact) mass is 178 g/mol. The predicted molar refractivity (Wildman–Crippen MR) is 53.4 cm³/mol. The van der Waals surface area contributed by atoms with Crippen LogP contribution in [0.3, 0.4) is 0 Å². The van der Waals surface area contributed by atoms with E-state index in [1.807, 2.05) is 0 Å². The molecule has 13 heavy (non-hydrogen) atoms. The van der Waals surface area contributed by atoms with Gasteiger partial charge in [-0.3, -0.25) is 4.79 Å². The molecule has 2 aliphatic carbocycles. The van der Waals surface area contributed by atoms with Crippen LogP contribution in [0.25, 0.3) is 0 Å². The van der Waals surface area contributed by atoms with Crippen LogP contribution in [-0.4, -0.2) is 5.78 Å². The van der Waals surface area contributed by atoms with Gasteiger partial charge >= 0.3 is 0 Å². The molecule has 0 bridgehead atoms. The molecule has 72 valence electrons. The molecule has 0 amide bonds. The van der Waals surface area contributed by atoms with Gasteiger partial charge in [-0.25, -0.2) is 0 Å². The van der Waals surface area contributed by atoms with Crippen LogP contribution in [0.15, 0.2) is 11.1 Å². The van der Waals surface area contributed by atoms with Gasteiger partial charge in [0.05, 0.1) is 0 Å². The first-order valence-corrected chi connectivity index (χ1v) is 5.38. The van der Waals surface area contributed by atoms with Gasteiger partial charge in [0.15, 0.2) is 0 Å². The lowest BCUT2D eigenvalue weighted by Crippen LogP contribution is -2.10. The van der Waals surface area contributed by atoms with E-state index in [-0.39, 0.29) is 0 Å². The topological polar surface area (TPSA) is 17.1 Å². The first kappa shape index (κ1) is 8.98. The largest absolute Gasteiger partial charge is 0.300 e. The highest BCUT2D eigenvalue weighted by molar-refractivity contribution is 5.79. The number of hydrogen-bond donors (Lipinski definition) is 0. The average molecular weight is 178 g/mol. The van der Waals surface area contributed by atoms with E-state index in [9.17, 15) is 4.79 Å². The van der Waals surface area contributed by atoms with E-state index in [0.717, 1.165) is 25.2 Å². The van der Waals surface area contributed by atoms with Crippen molar-refractivity contribution in [2.45, 2.75) is 46.0 Å². The van der Waals surface area contributed by atoms with Gasteiger partial charge in [-0.1, -0.05) is 18.1 Å². The highest BCUT2D eigenvalue weighted by Crippen LogP contribution is 2.42. The highest BCUT2D eigenvalue weighted by Gasteiger charge is 2.31. The maximum absolute atomic E-state index is 11.4. The summed E-state index contributed by atoms with van der Waals surface area (Å²) in [7, 11) is 0. The quantitative estimate of drug-likeness (QED) is 0.521. The molecular weight excluding hydrogens is 160 g/mol. The molecule has 0 heterocycles. The van der Waals surface area contributed by atoms with Gasteiger partial charge in [0.2, 0.25) is 0 Å². The molecule has 0 radical (unpaired) electrons. The lowest BCUT2D eigenvalue weighted by atomic mass is 9.87. The van der Waals surface area contributed by atoms with E-state index in [0.29, 0.717) is 11.7 Å². The van der Waals surface area contributed by atoms with Gasteiger partial charge in [0.25, 0.3) is 0 Å². The number of carbonyl (C=O) groups excluding carboxylic acids is 1. The fraction of sp³-hybridized carbons (Fsp3) is 0.750. The molecule has 1 heteroatoms. The van der Waals surface area contributed by atoms with Crippen molar-refractivity contribution in [3.63, 3.8) is 0 Å². The van der Waals surface area contributed by atoms with Crippen molar-refractivity contribution < 1.29 is 4.79 Å². The minimum Gasteiger partial charge on any atom is -0.300 e. The zero-order valence-electron chi connectivity index (χ0n) is 8.60. The van der Waals surface area contributed by atoms with Crippen molar-refractivity contribution in [1.29, 1.82) is 0 Å². The molecule has 1 saturated carbocycles. The molecule has 2 unspecified atom stereocenters. The first-order chi connectivity index (χ1) is 6.18. The Bertz CT molecular complexity index is 262. The molecule has 0 aromatic rings. The van der Waals surface area contributed by atoms with Crippen molar-refractivity contribution in [1.82, 2.24) is 0 Å². The molecule has 0 spiro atoms. The van der Waals surface area contributed by atoms with Crippen molar-refractivity contribution >= 4 is 5.78 Å². The Morgan fingerprint density at radius 1 is 1.23 bits per heavy atom. The number of carbonyl (C=O) groups is 1. The molecule has 0 aromatic heterocycles. The van der Waals surface area contributed by atoms with E-state index in [4.69, 9.17) is 0 Å². The molecule has 0 aliphatic heterocycles. The number of allylic oxidation sites excluding steroid dienone is 2. The number of ketones is 1. The summed E-state index contributed by atoms with van der Waals surface area (Å²) in [5.41, 5.74) is 3.20. The molecule has 0 N–H and O–H groups in total. The number of fused-ring (bicyclic) bond motifs is 1. The molecule has 1 nitrogen and oxygen atoms in total. The minimum absolute atomic E-state index is 0.474. The van der Waals surface area contributed by atoms with Crippen LogP contribution < -0.4 is 0 Å². The zero-order chi connectivity index (χ0) is 9.42. The zero-order valence-corrected chi connectivity index (χ0v) is 8.60. The van der Waals surface area contributed by atoms with Crippen molar-refractivity contribution in [2.75, 3.05) is 0 Å². The summed E-state index contributed by atoms with van der Waals surface area (Å²) in [6, 6.07) is 0. The molecule has 0 saturated heterocycles. The average Bonchev–Trinajstić information content (AvgIpc) is 2.36. The third-order valence-electron chi connectivity index (χ3n) is 3.74. The van der Waals surface area contributed by atoms with E-state index in [1.165, 1.54) is 12.8 Å². The van der Waals surface area contributed by atoms with Crippen molar-refractivity contribution in [2.24, 2.45) is 11.8 Å². The number of Topliss-reactive ketones (excluding diaryl/α,β-unsaturated/α-hetero) is 1. The van der Waals surface area contributed by atoms with Crippen LogP contribution in [0, 0.1) is 11.8 Å². The Morgan fingerprint density at radius 2 is 2.00 bits per heavy atom. The lowest BCUT2D eigenvalue weighted by molar-refractivity contribution is -0.119. The fourth-order valence-electron chi connectivity index (χ4n) is 2.93. The van der Waals surface area contributed by atoms with Crippen LogP contribution in [0.1, 0.15) is 46.0 Å². The summed E-state index contributed by atoms with van der Waals surface area (Å²) in [4.78, 5) is 11.4. The Hall–Kier alpha value is -0.590. The van der Waals surface area contributed by atoms with E-state index < -0.39 is 0 Å². The summed E-state index contributed by atoms with van der Waals surface area (Å²) in [5, 5.41) is 0. The Balaban J connectivity index is 2.25. The van der Waals surface area contributed by atoms with Crippen molar-refractivity contribution in [3.05, 3.63) is 11.1 Å². The summed E-state index contributed by atoms with van der Waals surface area (Å²) >= 11 is 0. The van der Waals surface area contributed by atoms with Crippen LogP contribution in [0.5, 0.6) is 0 Å². The SMILES string of the molecule is CC1=C2CCC(=O)CC(C)C2CC1. The maximum atomic E-state index is 11.4. The normalized spacial score (nSPS) is 34.8. The van der Waals surface area contributed by atoms with E-state index in [1.54, 1.807) is 11.1 Å². The molecule has 2 atom stereocenters. The molecule has 2 aliphatic rings. The Labute approximate surface area is 80.2 Å². The molecular formula is C12H18O. The van der Waals surface area contributed by atoms with Gasteiger partial charge in [0, 0.05) is 12.8 Å². The van der Waals surface area contributed by atoms with E-state index >= 15 is 0 Å². The molecule has 1 fully saturated rings. The summed E-state index contributed by atoms with van der Waals surface area (Å²) in [6.45, 7) is 4.49. The van der Waals surface area contributed by atoms with Crippen molar-refractivity contribution in [3.8, 4) is 0 Å². The second-order valence-corrected chi connectivity index (χ2v) is 4.67. The molecule has 0 aromatic carbocycles. The highest BCUT2D eigenvalue weighted by atomic mass is 16.1. The van der Waals surface area contributed by atoms with Gasteiger partial charge in [-0.15, -0.1) is 0 Å². The second-order valence-electron chi connectivity index (χ2n) is 4.67. The standard InChI is InChI=1S/C12H18O/c1-8-3-5-12-9(2)7-10(13)4-6-11(8)12/h9,12H,3-7H2,1-2H3. The smallest absolute Gasteiger partial charge is 0.133 e. The fourth-order valence-corrected chi connectivity index (χ4v) is 2.93. The van der Waals surface area contributed by atoms with E-state index in [2.05, 4.69) is 13.8 Å². The Morgan fingerprint density at radius 3 is 2.77 bits per heavy atom. The summed E-state index contributed by atoms with van der Waals surface area (Å²) in [5.74, 6) is 1.82. The Kier molecular flexibility index (Phi) is 2.27. The van der Waals surface area contributed by atoms with Crippen LogP contribution >= 0.6 is 0 Å². The van der Waals surface area contributed by atoms with Crippen LogP contribution in [0.2, 0.25) is 0 Å².